The maximum absolute atomic E-state index is 12.0. The highest BCUT2D eigenvalue weighted by molar-refractivity contribution is 5.92. The van der Waals surface area contributed by atoms with Crippen LogP contribution in [-0.2, 0) is 17.8 Å². The molecule has 0 bridgehead atoms. The molecule has 0 atom stereocenters. The molecule has 7 nitrogen and oxygen atoms in total. The van der Waals surface area contributed by atoms with E-state index >= 15 is 0 Å². The molecule has 8 heteroatoms. The van der Waals surface area contributed by atoms with Crippen LogP contribution in [0.4, 0.5) is 0 Å². The third-order valence-electron chi connectivity index (χ3n) is 8.35. The zero-order chi connectivity index (χ0) is 30.6. The second-order valence-electron chi connectivity index (χ2n) is 11.6. The molecule has 3 aromatic rings. The van der Waals surface area contributed by atoms with Crippen molar-refractivity contribution in [2.75, 3.05) is 27.1 Å². The molecule has 0 spiro atoms. The number of allylic oxidation sites excluding steroid dienone is 3. The van der Waals surface area contributed by atoms with Gasteiger partial charge in [0.15, 0.2) is 35.7 Å². The number of methoxy groups -OCH3 is 1. The molecule has 0 radical (unpaired) electrons. The number of hydrogen-bond acceptors (Lipinski definition) is 5. The number of fused-ring (bicyclic) bond motifs is 5. The van der Waals surface area contributed by atoms with E-state index in [1.165, 1.54) is 42.5 Å². The van der Waals surface area contributed by atoms with Crippen molar-refractivity contribution in [3.05, 3.63) is 66.4 Å². The van der Waals surface area contributed by atoms with Gasteiger partial charge in [-0.25, -0.2) is 0 Å². The molecule has 1 N–H and O–H groups in total. The first kappa shape index (κ1) is 34.2. The van der Waals surface area contributed by atoms with E-state index in [1.54, 1.807) is 13.2 Å². The lowest BCUT2D eigenvalue weighted by Gasteiger charge is -2.18. The summed E-state index contributed by atoms with van der Waals surface area (Å²) in [6, 6.07) is 10.5. The Morgan fingerprint density at radius 3 is 2.64 bits per heavy atom. The van der Waals surface area contributed by atoms with Crippen molar-refractivity contribution in [3.63, 3.8) is 0 Å². The van der Waals surface area contributed by atoms with Crippen molar-refractivity contribution in [2.45, 2.75) is 84.1 Å². The number of carbonyl (C=O) groups excluding carboxylic acids is 1. The third-order valence-corrected chi connectivity index (χ3v) is 8.35. The second kappa shape index (κ2) is 17.7. The lowest BCUT2D eigenvalue weighted by molar-refractivity contribution is -0.686. The SMILES string of the molecule is CCCCCC/C=C\C/C=C/C(=O)NCCCCCCOc1c(OC)ccc2cc3[n+](cc12)CCc1cc2c(cc1-3)OCO2.[Cl-]. The number of aromatic nitrogens is 1. The van der Waals surface area contributed by atoms with Crippen molar-refractivity contribution < 1.29 is 40.7 Å². The van der Waals surface area contributed by atoms with Gasteiger partial charge in [-0.3, -0.25) is 4.79 Å². The van der Waals surface area contributed by atoms with Crippen LogP contribution in [0.3, 0.4) is 0 Å². The highest BCUT2D eigenvalue weighted by Crippen LogP contribution is 2.41. The maximum Gasteiger partial charge on any atom is 0.243 e. The number of ether oxygens (including phenoxy) is 4. The predicted octanol–water partition coefficient (Wildman–Crippen LogP) is 4.62. The third kappa shape index (κ3) is 9.16. The molecular weight excluding hydrogens is 588 g/mol. The number of benzene rings is 2. The molecule has 1 aromatic heterocycles. The first-order valence-electron chi connectivity index (χ1n) is 16.4. The smallest absolute Gasteiger partial charge is 0.243 e. The Morgan fingerprint density at radius 2 is 1.80 bits per heavy atom. The first-order valence-corrected chi connectivity index (χ1v) is 16.4. The van der Waals surface area contributed by atoms with Gasteiger partial charge in [0.25, 0.3) is 0 Å². The van der Waals surface area contributed by atoms with Crippen LogP contribution in [0.25, 0.3) is 22.0 Å². The van der Waals surface area contributed by atoms with Crippen LogP contribution in [-0.4, -0.2) is 33.0 Å². The van der Waals surface area contributed by atoms with E-state index in [0.29, 0.717) is 13.2 Å². The van der Waals surface area contributed by atoms with Crippen LogP contribution in [0.15, 0.2) is 60.8 Å². The first-order chi connectivity index (χ1) is 21.7. The Balaban J connectivity index is 0.00000461. The van der Waals surface area contributed by atoms with Gasteiger partial charge >= 0.3 is 0 Å². The Kier molecular flexibility index (Phi) is 13.4. The van der Waals surface area contributed by atoms with E-state index in [0.717, 1.165) is 85.3 Å². The van der Waals surface area contributed by atoms with Gasteiger partial charge in [-0.1, -0.05) is 57.3 Å². The summed E-state index contributed by atoms with van der Waals surface area (Å²) in [4.78, 5) is 12.0. The number of unbranched alkanes of at least 4 members (excludes halogenated alkanes) is 7. The number of nitrogens with zero attached hydrogens (tertiary/aromatic N) is 1. The number of halogens is 1. The average molecular weight is 635 g/mol. The highest BCUT2D eigenvalue weighted by atomic mass is 35.5. The number of carbonyl (C=O) groups is 1. The summed E-state index contributed by atoms with van der Waals surface area (Å²) in [6.07, 6.45) is 22.1. The fraction of sp³-hybridized carbons (Fsp3) is 0.459. The van der Waals surface area contributed by atoms with Gasteiger partial charge in [0.2, 0.25) is 18.4 Å². The summed E-state index contributed by atoms with van der Waals surface area (Å²) >= 11 is 0. The Labute approximate surface area is 274 Å². The number of hydrogen-bond donors (Lipinski definition) is 1. The molecule has 0 fully saturated rings. The van der Waals surface area contributed by atoms with Crippen molar-refractivity contribution >= 4 is 16.7 Å². The molecule has 0 saturated heterocycles. The average Bonchev–Trinajstić information content (AvgIpc) is 3.50. The van der Waals surface area contributed by atoms with Gasteiger partial charge in [-0.15, -0.1) is 0 Å². The summed E-state index contributed by atoms with van der Waals surface area (Å²) in [7, 11) is 1.69. The fourth-order valence-corrected chi connectivity index (χ4v) is 5.89. The minimum Gasteiger partial charge on any atom is -1.00 e. The molecule has 0 aliphatic carbocycles. The largest absolute Gasteiger partial charge is 1.00 e. The molecule has 3 heterocycles. The summed E-state index contributed by atoms with van der Waals surface area (Å²) in [6.45, 7) is 4.71. The van der Waals surface area contributed by atoms with Crippen LogP contribution in [0.5, 0.6) is 23.0 Å². The number of pyridine rings is 1. The van der Waals surface area contributed by atoms with E-state index in [-0.39, 0.29) is 25.1 Å². The normalized spacial score (nSPS) is 13.1. The Morgan fingerprint density at radius 1 is 0.978 bits per heavy atom. The second-order valence-corrected chi connectivity index (χ2v) is 11.6. The van der Waals surface area contributed by atoms with Crippen LogP contribution < -0.4 is 41.2 Å². The van der Waals surface area contributed by atoms with Crippen molar-refractivity contribution in [3.8, 4) is 34.3 Å². The quantitative estimate of drug-likeness (QED) is 0.102. The van der Waals surface area contributed by atoms with E-state index in [4.69, 9.17) is 18.9 Å². The van der Waals surface area contributed by atoms with E-state index in [2.05, 4.69) is 59.4 Å². The van der Waals surface area contributed by atoms with Gasteiger partial charge in [0.1, 0.15) is 0 Å². The van der Waals surface area contributed by atoms with Gasteiger partial charge in [-0.05, 0) is 73.4 Å². The van der Waals surface area contributed by atoms with E-state index in [1.807, 2.05) is 12.1 Å². The summed E-state index contributed by atoms with van der Waals surface area (Å²) < 4.78 is 25.6. The summed E-state index contributed by atoms with van der Waals surface area (Å²) in [5.74, 6) is 3.17. The lowest BCUT2D eigenvalue weighted by atomic mass is 9.95. The Hall–Kier alpha value is -3.71. The van der Waals surface area contributed by atoms with Crippen molar-refractivity contribution in [1.29, 1.82) is 0 Å². The monoisotopic (exact) mass is 634 g/mol. The minimum atomic E-state index is -0.0115. The van der Waals surface area contributed by atoms with Crippen LogP contribution in [0.1, 0.15) is 76.7 Å². The molecule has 242 valence electrons. The number of nitrogens with one attached hydrogen (secondary N) is 1. The van der Waals surface area contributed by atoms with Crippen molar-refractivity contribution in [2.24, 2.45) is 0 Å². The zero-order valence-corrected chi connectivity index (χ0v) is 27.5. The minimum absolute atomic E-state index is 0. The molecule has 2 aromatic carbocycles. The summed E-state index contributed by atoms with van der Waals surface area (Å²) in [5.41, 5.74) is 3.64. The summed E-state index contributed by atoms with van der Waals surface area (Å²) in [5, 5.41) is 5.15. The Bertz CT molecular complexity index is 1490. The van der Waals surface area contributed by atoms with Gasteiger partial charge in [-0.2, -0.15) is 4.57 Å². The number of amides is 1. The number of aryl methyl sites for hydroxylation is 2. The van der Waals surface area contributed by atoms with Gasteiger partial charge < -0.3 is 36.7 Å². The molecule has 0 saturated carbocycles. The molecule has 2 aliphatic heterocycles. The standard InChI is InChI=1S/C37H46N2O5.ClH/c1-3-4-5-6-7-8-9-10-13-16-36(40)38-20-14-11-12-15-22-42-37-31-26-39-21-19-29-24-34-35(44-27-43-34)25-30(29)32(39)23-28(31)17-18-33(37)41-2;/h8-9,13,16-18,23-26H,3-7,10-12,14-15,19-22,27H2,1-2H3;1H/b9-8-,16-13+;. The zero-order valence-electron chi connectivity index (χ0n) is 26.7. The van der Waals surface area contributed by atoms with Gasteiger partial charge in [0, 0.05) is 19.0 Å². The molecule has 45 heavy (non-hydrogen) atoms. The highest BCUT2D eigenvalue weighted by Gasteiger charge is 2.28. The molecule has 5 rings (SSSR count). The number of rotatable bonds is 17. The topological polar surface area (TPSA) is 69.9 Å². The molecule has 2 aliphatic rings. The van der Waals surface area contributed by atoms with Gasteiger partial charge in [0.05, 0.1) is 24.7 Å². The van der Waals surface area contributed by atoms with E-state index < -0.39 is 0 Å². The van der Waals surface area contributed by atoms with E-state index in [9.17, 15) is 4.79 Å². The maximum atomic E-state index is 12.0. The molecule has 0 unspecified atom stereocenters. The molecule has 1 amide bonds. The predicted molar refractivity (Wildman–Crippen MR) is 175 cm³/mol. The van der Waals surface area contributed by atoms with Crippen LogP contribution >= 0.6 is 0 Å². The van der Waals surface area contributed by atoms with Crippen LogP contribution in [0.2, 0.25) is 0 Å². The van der Waals surface area contributed by atoms with Crippen LogP contribution in [0, 0.1) is 0 Å². The lowest BCUT2D eigenvalue weighted by Crippen LogP contribution is -3.00. The fourth-order valence-electron chi connectivity index (χ4n) is 5.89. The van der Waals surface area contributed by atoms with Crippen molar-refractivity contribution in [1.82, 2.24) is 5.32 Å². The molecular formula is C37H47ClN2O5.